The maximum absolute atomic E-state index is 12.8. The fourth-order valence-electron chi connectivity index (χ4n) is 2.52. The molecule has 1 aromatic carbocycles. The summed E-state index contributed by atoms with van der Waals surface area (Å²) in [5.74, 6) is -0.565. The largest absolute Gasteiger partial charge is 0.351 e. The lowest BCUT2D eigenvalue weighted by atomic mass is 10.0. The number of hydrogen-bond acceptors (Lipinski definition) is 3. The fraction of sp³-hybridized carbons (Fsp3) is 0.533. The minimum atomic E-state index is -3.34. The number of benzene rings is 1. The molecule has 1 aliphatic heterocycles. The van der Waals surface area contributed by atoms with Gasteiger partial charge in [0.1, 0.15) is 5.82 Å². The first-order chi connectivity index (χ1) is 10.4. The number of hydrogen-bond donors (Lipinski definition) is 1. The lowest BCUT2D eigenvalue weighted by Crippen LogP contribution is -2.42. The van der Waals surface area contributed by atoms with E-state index in [9.17, 15) is 17.6 Å². The maximum atomic E-state index is 12.8. The Labute approximate surface area is 130 Å². The Hall–Kier alpha value is -1.47. The zero-order valence-corrected chi connectivity index (χ0v) is 13.4. The van der Waals surface area contributed by atoms with Gasteiger partial charge in [0.15, 0.2) is 0 Å². The molecule has 122 valence electrons. The summed E-state index contributed by atoms with van der Waals surface area (Å²) in [6.07, 6.45) is 1.93. The Bertz CT molecular complexity index is 616. The number of nitrogens with one attached hydrogen (secondary N) is 1. The Kier molecular flexibility index (Phi) is 5.52. The van der Waals surface area contributed by atoms with Crippen molar-refractivity contribution in [1.82, 2.24) is 9.62 Å². The molecule has 0 radical (unpaired) electrons. The van der Waals surface area contributed by atoms with Gasteiger partial charge in [-0.25, -0.2) is 17.1 Å². The van der Waals surface area contributed by atoms with E-state index in [4.69, 9.17) is 0 Å². The normalized spacial score (nSPS) is 19.8. The number of carbonyl (C=O) groups excluding carboxylic acids is 1. The summed E-state index contributed by atoms with van der Waals surface area (Å²) >= 11 is 0. The molecule has 2 rings (SSSR count). The van der Waals surface area contributed by atoms with Gasteiger partial charge in [0.05, 0.1) is 5.75 Å². The van der Waals surface area contributed by atoms with Gasteiger partial charge in [0.25, 0.3) is 5.91 Å². The van der Waals surface area contributed by atoms with Crippen LogP contribution < -0.4 is 5.32 Å². The molecule has 0 saturated carbocycles. The summed E-state index contributed by atoms with van der Waals surface area (Å²) in [4.78, 5) is 11.8. The Balaban J connectivity index is 1.84. The van der Waals surface area contributed by atoms with E-state index in [2.05, 4.69) is 5.32 Å². The molecule has 1 N–H and O–H groups in total. The molecule has 5 nitrogen and oxygen atoms in total. The van der Waals surface area contributed by atoms with Gasteiger partial charge in [-0.2, -0.15) is 0 Å². The number of halogens is 1. The molecule has 0 unspecified atom stereocenters. The molecule has 0 aliphatic carbocycles. The molecular weight excluding hydrogens is 307 g/mol. The van der Waals surface area contributed by atoms with Crippen molar-refractivity contribution in [2.45, 2.75) is 19.8 Å². The predicted molar refractivity (Wildman–Crippen MR) is 82.5 cm³/mol. The van der Waals surface area contributed by atoms with E-state index in [0.717, 1.165) is 12.8 Å². The zero-order chi connectivity index (χ0) is 16.2. The molecular formula is C15H21FN2O3S. The van der Waals surface area contributed by atoms with Gasteiger partial charge in [0.2, 0.25) is 10.0 Å². The third kappa shape index (κ3) is 4.51. The van der Waals surface area contributed by atoms with Crippen LogP contribution in [0.5, 0.6) is 0 Å². The van der Waals surface area contributed by atoms with Crippen molar-refractivity contribution >= 4 is 15.9 Å². The number of piperidine rings is 1. The molecule has 0 spiro atoms. The zero-order valence-electron chi connectivity index (χ0n) is 12.6. The summed E-state index contributed by atoms with van der Waals surface area (Å²) in [6, 6.07) is 5.12. The molecule has 22 heavy (non-hydrogen) atoms. The van der Waals surface area contributed by atoms with Crippen molar-refractivity contribution < 1.29 is 17.6 Å². The highest BCUT2D eigenvalue weighted by molar-refractivity contribution is 7.89. The lowest BCUT2D eigenvalue weighted by Gasteiger charge is -2.30. The number of nitrogens with zero attached hydrogens (tertiary/aromatic N) is 1. The average molecular weight is 328 g/mol. The first-order valence-electron chi connectivity index (χ1n) is 7.40. The fourth-order valence-corrected chi connectivity index (χ4v) is 4.03. The summed E-state index contributed by atoms with van der Waals surface area (Å²) < 4.78 is 38.7. The van der Waals surface area contributed by atoms with Crippen LogP contribution in [0.15, 0.2) is 24.3 Å². The van der Waals surface area contributed by atoms with Crippen LogP contribution in [-0.4, -0.2) is 44.0 Å². The van der Waals surface area contributed by atoms with Gasteiger partial charge in [0, 0.05) is 25.2 Å². The van der Waals surface area contributed by atoms with Gasteiger partial charge in [-0.1, -0.05) is 6.92 Å². The van der Waals surface area contributed by atoms with Crippen molar-refractivity contribution in [3.63, 3.8) is 0 Å². The Morgan fingerprint density at radius 1 is 1.36 bits per heavy atom. The van der Waals surface area contributed by atoms with Gasteiger partial charge >= 0.3 is 0 Å². The quantitative estimate of drug-likeness (QED) is 0.893. The number of rotatable bonds is 5. The third-order valence-corrected chi connectivity index (χ3v) is 5.60. The van der Waals surface area contributed by atoms with Crippen molar-refractivity contribution in [2.24, 2.45) is 5.92 Å². The molecule has 7 heteroatoms. The molecule has 1 saturated heterocycles. The number of amides is 1. The highest BCUT2D eigenvalue weighted by Gasteiger charge is 2.26. The third-order valence-electron chi connectivity index (χ3n) is 3.77. The molecule has 1 aliphatic rings. The molecule has 1 fully saturated rings. The first-order valence-corrected chi connectivity index (χ1v) is 9.01. The van der Waals surface area contributed by atoms with E-state index in [0.29, 0.717) is 24.6 Å². The topological polar surface area (TPSA) is 66.5 Å². The SMILES string of the molecule is C[C@H]1CCCN(S(=O)(=O)CCNC(=O)c2ccc(F)cc2)C1. The van der Waals surface area contributed by atoms with Crippen molar-refractivity contribution in [3.8, 4) is 0 Å². The molecule has 1 amide bonds. The second-order valence-corrected chi connectivity index (χ2v) is 7.77. The van der Waals surface area contributed by atoms with Crippen LogP contribution in [0, 0.1) is 11.7 Å². The van der Waals surface area contributed by atoms with Crippen LogP contribution in [0.2, 0.25) is 0 Å². The summed E-state index contributed by atoms with van der Waals surface area (Å²) in [6.45, 7) is 3.19. The van der Waals surface area contributed by atoms with Crippen LogP contribution >= 0.6 is 0 Å². The molecule has 0 aromatic heterocycles. The van der Waals surface area contributed by atoms with Crippen molar-refractivity contribution in [2.75, 3.05) is 25.4 Å². The standard InChI is InChI=1S/C15H21FN2O3S/c1-12-3-2-9-18(11-12)22(20,21)10-8-17-15(19)13-4-6-14(16)7-5-13/h4-7,12H,2-3,8-11H2,1H3,(H,17,19)/t12-/m0/s1. The van der Waals surface area contributed by atoms with Gasteiger partial charge in [-0.05, 0) is 43.0 Å². The molecule has 1 atom stereocenters. The van der Waals surface area contributed by atoms with E-state index >= 15 is 0 Å². The van der Waals surface area contributed by atoms with Crippen LogP contribution in [0.3, 0.4) is 0 Å². The summed E-state index contributed by atoms with van der Waals surface area (Å²) in [5, 5.41) is 2.56. The number of carbonyl (C=O) groups is 1. The second kappa shape index (κ2) is 7.19. The van der Waals surface area contributed by atoms with Crippen molar-refractivity contribution in [3.05, 3.63) is 35.6 Å². The van der Waals surface area contributed by atoms with Crippen LogP contribution in [0.25, 0.3) is 0 Å². The molecule has 1 aromatic rings. The average Bonchev–Trinajstić information content (AvgIpc) is 2.47. The van der Waals surface area contributed by atoms with E-state index in [1.165, 1.54) is 28.6 Å². The lowest BCUT2D eigenvalue weighted by molar-refractivity contribution is 0.0956. The Morgan fingerprint density at radius 2 is 2.05 bits per heavy atom. The van der Waals surface area contributed by atoms with Crippen molar-refractivity contribution in [1.29, 1.82) is 0 Å². The minimum Gasteiger partial charge on any atom is -0.351 e. The monoisotopic (exact) mass is 328 g/mol. The van der Waals surface area contributed by atoms with Gasteiger partial charge < -0.3 is 5.32 Å². The van der Waals surface area contributed by atoms with Crippen LogP contribution in [0.4, 0.5) is 4.39 Å². The first kappa shape index (κ1) is 16.9. The van der Waals surface area contributed by atoms with E-state index in [-0.39, 0.29) is 12.3 Å². The van der Waals surface area contributed by atoms with E-state index in [1.54, 1.807) is 0 Å². The van der Waals surface area contributed by atoms with E-state index < -0.39 is 21.7 Å². The smallest absolute Gasteiger partial charge is 0.251 e. The highest BCUT2D eigenvalue weighted by atomic mass is 32.2. The minimum absolute atomic E-state index is 0.0451. The predicted octanol–water partition coefficient (Wildman–Crippen LogP) is 1.62. The second-order valence-electron chi connectivity index (χ2n) is 5.68. The number of sulfonamides is 1. The van der Waals surface area contributed by atoms with Crippen LogP contribution in [0.1, 0.15) is 30.1 Å². The van der Waals surface area contributed by atoms with E-state index in [1.807, 2.05) is 6.92 Å². The molecule has 0 bridgehead atoms. The van der Waals surface area contributed by atoms with Gasteiger partial charge in [-0.3, -0.25) is 4.79 Å². The van der Waals surface area contributed by atoms with Gasteiger partial charge in [-0.15, -0.1) is 0 Å². The maximum Gasteiger partial charge on any atom is 0.251 e. The summed E-state index contributed by atoms with van der Waals surface area (Å²) in [7, 11) is -3.34. The summed E-state index contributed by atoms with van der Waals surface area (Å²) in [5.41, 5.74) is 0.311. The van der Waals surface area contributed by atoms with Crippen LogP contribution in [-0.2, 0) is 10.0 Å². The molecule has 1 heterocycles. The Morgan fingerprint density at radius 3 is 2.68 bits per heavy atom. The highest BCUT2D eigenvalue weighted by Crippen LogP contribution is 2.18.